The van der Waals surface area contributed by atoms with Crippen molar-refractivity contribution in [2.24, 2.45) is 0 Å². The van der Waals surface area contributed by atoms with Crippen molar-refractivity contribution in [3.63, 3.8) is 0 Å². The van der Waals surface area contributed by atoms with Gasteiger partial charge in [-0.2, -0.15) is 0 Å². The summed E-state index contributed by atoms with van der Waals surface area (Å²) in [7, 11) is 0. The van der Waals surface area contributed by atoms with E-state index in [1.54, 1.807) is 0 Å². The molecule has 19 heavy (non-hydrogen) atoms. The minimum absolute atomic E-state index is 0.682. The van der Waals surface area contributed by atoms with Crippen molar-refractivity contribution in [2.75, 3.05) is 24.5 Å². The third kappa shape index (κ3) is 4.78. The average molecular weight is 262 g/mol. The summed E-state index contributed by atoms with van der Waals surface area (Å²) in [5.74, 6) is 0.879. The second-order valence-corrected chi connectivity index (χ2v) is 5.32. The molecule has 1 aromatic rings. The molecule has 1 saturated heterocycles. The zero-order valence-corrected chi connectivity index (χ0v) is 12.0. The summed E-state index contributed by atoms with van der Waals surface area (Å²) in [6.07, 6.45) is 11.4. The zero-order valence-electron chi connectivity index (χ0n) is 12.0. The molecule has 1 aliphatic heterocycles. The number of nitrogens with zero attached hydrogens (tertiary/aromatic N) is 3. The van der Waals surface area contributed by atoms with Gasteiger partial charge in [0.15, 0.2) is 0 Å². The summed E-state index contributed by atoms with van der Waals surface area (Å²) in [4.78, 5) is 10.9. The van der Waals surface area contributed by atoms with Crippen molar-refractivity contribution in [1.82, 2.24) is 15.3 Å². The Kier molecular flexibility index (Phi) is 6.08. The van der Waals surface area contributed by atoms with Gasteiger partial charge in [-0.05, 0) is 31.9 Å². The minimum atomic E-state index is 0.682. The maximum atomic E-state index is 4.32. The Morgan fingerprint density at radius 3 is 2.58 bits per heavy atom. The Morgan fingerprint density at radius 1 is 1.16 bits per heavy atom. The lowest BCUT2D eigenvalue weighted by Gasteiger charge is -2.32. The average Bonchev–Trinajstić information content (AvgIpc) is 2.49. The quantitative estimate of drug-likeness (QED) is 0.767. The summed E-state index contributed by atoms with van der Waals surface area (Å²) < 4.78 is 0. The number of piperidine rings is 1. The molecule has 1 aromatic heterocycles. The monoisotopic (exact) mass is 262 g/mol. The van der Waals surface area contributed by atoms with Crippen molar-refractivity contribution in [1.29, 1.82) is 0 Å². The van der Waals surface area contributed by atoms with E-state index in [0.29, 0.717) is 6.04 Å². The number of hydrogen-bond acceptors (Lipinski definition) is 4. The molecule has 0 saturated carbocycles. The van der Waals surface area contributed by atoms with Crippen molar-refractivity contribution in [3.8, 4) is 0 Å². The Morgan fingerprint density at radius 2 is 1.89 bits per heavy atom. The Bertz CT molecular complexity index is 333. The van der Waals surface area contributed by atoms with E-state index in [9.17, 15) is 0 Å². The fourth-order valence-electron chi connectivity index (χ4n) is 2.60. The van der Waals surface area contributed by atoms with Crippen molar-refractivity contribution >= 4 is 5.95 Å². The number of hydrogen-bond donors (Lipinski definition) is 1. The molecule has 2 rings (SSSR count). The molecule has 4 nitrogen and oxygen atoms in total. The predicted molar refractivity (Wildman–Crippen MR) is 79.4 cm³/mol. The van der Waals surface area contributed by atoms with Crippen LogP contribution in [0.2, 0.25) is 0 Å². The first kappa shape index (κ1) is 14.3. The Balaban J connectivity index is 1.63. The number of aromatic nitrogens is 2. The molecule has 1 fully saturated rings. The summed E-state index contributed by atoms with van der Waals surface area (Å²) in [5, 5.41) is 3.69. The second kappa shape index (κ2) is 8.10. The molecular weight excluding hydrogens is 236 g/mol. The SMILES string of the molecule is CCCCCCNC1CCN(c2ncccn2)CC1. The van der Waals surface area contributed by atoms with E-state index < -0.39 is 0 Å². The normalized spacial score (nSPS) is 16.8. The molecule has 0 aliphatic carbocycles. The molecule has 1 aliphatic rings. The minimum Gasteiger partial charge on any atom is -0.341 e. The molecular formula is C15H26N4. The van der Waals surface area contributed by atoms with Crippen LogP contribution in [0.3, 0.4) is 0 Å². The van der Waals surface area contributed by atoms with Crippen molar-refractivity contribution in [3.05, 3.63) is 18.5 Å². The molecule has 0 spiro atoms. The molecule has 0 amide bonds. The highest BCUT2D eigenvalue weighted by atomic mass is 15.3. The Labute approximate surface area is 116 Å². The smallest absolute Gasteiger partial charge is 0.225 e. The zero-order chi connectivity index (χ0) is 13.3. The molecule has 0 unspecified atom stereocenters. The van der Waals surface area contributed by atoms with Crippen LogP contribution in [-0.4, -0.2) is 35.6 Å². The number of nitrogens with one attached hydrogen (secondary N) is 1. The fraction of sp³-hybridized carbons (Fsp3) is 0.733. The van der Waals surface area contributed by atoms with Crippen LogP contribution in [0.25, 0.3) is 0 Å². The highest BCUT2D eigenvalue weighted by Crippen LogP contribution is 2.15. The van der Waals surface area contributed by atoms with Gasteiger partial charge in [0, 0.05) is 31.5 Å². The van der Waals surface area contributed by atoms with Gasteiger partial charge in [0.25, 0.3) is 0 Å². The maximum absolute atomic E-state index is 4.32. The van der Waals surface area contributed by atoms with E-state index in [-0.39, 0.29) is 0 Å². The first-order valence-electron chi connectivity index (χ1n) is 7.65. The number of rotatable bonds is 7. The highest BCUT2D eigenvalue weighted by molar-refractivity contribution is 5.29. The van der Waals surface area contributed by atoms with Crippen molar-refractivity contribution < 1.29 is 0 Å². The maximum Gasteiger partial charge on any atom is 0.225 e. The molecule has 1 N–H and O–H groups in total. The molecule has 106 valence electrons. The van der Waals surface area contributed by atoms with Gasteiger partial charge in [-0.1, -0.05) is 26.2 Å². The van der Waals surface area contributed by atoms with Gasteiger partial charge < -0.3 is 10.2 Å². The summed E-state index contributed by atoms with van der Waals surface area (Å²) in [5.41, 5.74) is 0. The van der Waals surface area contributed by atoms with Crippen LogP contribution in [0.5, 0.6) is 0 Å². The lowest BCUT2D eigenvalue weighted by molar-refractivity contribution is 0.406. The van der Waals surface area contributed by atoms with Gasteiger partial charge in [0.2, 0.25) is 5.95 Å². The predicted octanol–water partition coefficient (Wildman–Crippen LogP) is 2.62. The van der Waals surface area contributed by atoms with Gasteiger partial charge in [-0.3, -0.25) is 0 Å². The lowest BCUT2D eigenvalue weighted by Crippen LogP contribution is -2.43. The summed E-state index contributed by atoms with van der Waals surface area (Å²) in [6, 6.07) is 2.55. The highest BCUT2D eigenvalue weighted by Gasteiger charge is 2.19. The summed E-state index contributed by atoms with van der Waals surface area (Å²) >= 11 is 0. The fourth-order valence-corrected chi connectivity index (χ4v) is 2.60. The van der Waals surface area contributed by atoms with Crippen LogP contribution in [-0.2, 0) is 0 Å². The Hall–Kier alpha value is -1.16. The van der Waals surface area contributed by atoms with E-state index >= 15 is 0 Å². The van der Waals surface area contributed by atoms with Crippen LogP contribution >= 0.6 is 0 Å². The van der Waals surface area contributed by atoms with Gasteiger partial charge in [-0.25, -0.2) is 9.97 Å². The molecule has 4 heteroatoms. The largest absolute Gasteiger partial charge is 0.341 e. The summed E-state index contributed by atoms with van der Waals surface area (Å²) in [6.45, 7) is 5.56. The van der Waals surface area contributed by atoms with Crippen LogP contribution in [0.1, 0.15) is 45.4 Å². The van der Waals surface area contributed by atoms with Gasteiger partial charge >= 0.3 is 0 Å². The molecule has 0 atom stereocenters. The van der Waals surface area contributed by atoms with Gasteiger partial charge in [0.1, 0.15) is 0 Å². The van der Waals surface area contributed by atoms with E-state index in [0.717, 1.165) is 19.0 Å². The van der Waals surface area contributed by atoms with Crippen LogP contribution in [0.4, 0.5) is 5.95 Å². The number of unbranched alkanes of at least 4 members (excludes halogenated alkanes) is 3. The van der Waals surface area contributed by atoms with E-state index in [4.69, 9.17) is 0 Å². The van der Waals surface area contributed by atoms with Crippen LogP contribution in [0.15, 0.2) is 18.5 Å². The van der Waals surface area contributed by atoms with Crippen LogP contribution in [0, 0.1) is 0 Å². The van der Waals surface area contributed by atoms with Gasteiger partial charge in [-0.15, -0.1) is 0 Å². The third-order valence-electron chi connectivity index (χ3n) is 3.79. The third-order valence-corrected chi connectivity index (χ3v) is 3.79. The molecule has 0 aromatic carbocycles. The molecule has 2 heterocycles. The molecule has 0 bridgehead atoms. The first-order chi connectivity index (χ1) is 9.40. The van der Waals surface area contributed by atoms with Crippen LogP contribution < -0.4 is 10.2 Å². The van der Waals surface area contributed by atoms with E-state index in [1.165, 1.54) is 45.1 Å². The second-order valence-electron chi connectivity index (χ2n) is 5.32. The van der Waals surface area contributed by atoms with E-state index in [1.807, 2.05) is 18.5 Å². The standard InChI is InChI=1S/C15H26N4/c1-2-3-4-5-9-16-14-7-12-19(13-8-14)15-17-10-6-11-18-15/h6,10-11,14,16H,2-5,7-9,12-13H2,1H3. The first-order valence-corrected chi connectivity index (χ1v) is 7.65. The lowest BCUT2D eigenvalue weighted by atomic mass is 10.1. The van der Waals surface area contributed by atoms with Crippen molar-refractivity contribution in [2.45, 2.75) is 51.5 Å². The number of anilines is 1. The van der Waals surface area contributed by atoms with E-state index in [2.05, 4.69) is 27.1 Å². The molecule has 0 radical (unpaired) electrons. The van der Waals surface area contributed by atoms with Gasteiger partial charge in [0.05, 0.1) is 0 Å². The topological polar surface area (TPSA) is 41.0 Å².